The monoisotopic (exact) mass is 385 g/mol. The molecule has 1 aromatic heterocycles. The maximum atomic E-state index is 12.5. The highest BCUT2D eigenvalue weighted by Gasteiger charge is 2.26. The highest BCUT2D eigenvalue weighted by molar-refractivity contribution is 7.91. The number of carbonyl (C=O) groups excluding carboxylic acids is 1. The molecular weight excluding hydrogens is 362 g/mol. The Hall–Kier alpha value is -2.41. The molecule has 7 heteroatoms. The first-order valence-corrected chi connectivity index (χ1v) is 11.1. The molecule has 2 aliphatic rings. The second-order valence-electron chi connectivity index (χ2n) is 7.19. The van der Waals surface area contributed by atoms with Crippen molar-refractivity contribution in [2.24, 2.45) is 0 Å². The molecule has 2 aromatic rings. The normalized spacial score (nSPS) is 20.9. The van der Waals surface area contributed by atoms with E-state index in [9.17, 15) is 13.2 Å². The fraction of sp³-hybridized carbons (Fsp3) is 0.400. The van der Waals surface area contributed by atoms with Crippen molar-refractivity contribution in [2.45, 2.75) is 18.8 Å². The van der Waals surface area contributed by atoms with Gasteiger partial charge in [0.25, 0.3) is 5.91 Å². The second kappa shape index (κ2) is 7.31. The van der Waals surface area contributed by atoms with Crippen molar-refractivity contribution in [2.75, 3.05) is 36.5 Å². The summed E-state index contributed by atoms with van der Waals surface area (Å²) in [6.07, 6.45) is 3.83. The lowest BCUT2D eigenvalue weighted by Gasteiger charge is -2.26. The SMILES string of the molecule is O=C(c1ccc(NCC2CCc3ccccc32)nc1)N1CCS(=O)(=O)CC1. The molecule has 27 heavy (non-hydrogen) atoms. The Morgan fingerprint density at radius 3 is 2.67 bits per heavy atom. The second-order valence-corrected chi connectivity index (χ2v) is 9.50. The van der Waals surface area contributed by atoms with Gasteiger partial charge in [-0.15, -0.1) is 0 Å². The number of sulfone groups is 1. The van der Waals surface area contributed by atoms with Crippen molar-refractivity contribution in [1.29, 1.82) is 0 Å². The van der Waals surface area contributed by atoms with E-state index in [1.165, 1.54) is 11.1 Å². The van der Waals surface area contributed by atoms with Crippen LogP contribution in [0.3, 0.4) is 0 Å². The summed E-state index contributed by atoms with van der Waals surface area (Å²) in [5, 5.41) is 3.37. The first-order chi connectivity index (χ1) is 13.0. The summed E-state index contributed by atoms with van der Waals surface area (Å²) in [6, 6.07) is 12.1. The average molecular weight is 385 g/mol. The maximum absolute atomic E-state index is 12.5. The quantitative estimate of drug-likeness (QED) is 0.872. The summed E-state index contributed by atoms with van der Waals surface area (Å²) in [4.78, 5) is 18.4. The summed E-state index contributed by atoms with van der Waals surface area (Å²) >= 11 is 0. The van der Waals surface area contributed by atoms with Crippen molar-refractivity contribution in [1.82, 2.24) is 9.88 Å². The van der Waals surface area contributed by atoms with Gasteiger partial charge in [-0.2, -0.15) is 0 Å². The molecule has 1 atom stereocenters. The topological polar surface area (TPSA) is 79.4 Å². The van der Waals surface area contributed by atoms with Crippen LogP contribution < -0.4 is 5.32 Å². The maximum Gasteiger partial charge on any atom is 0.255 e. The van der Waals surface area contributed by atoms with E-state index >= 15 is 0 Å². The summed E-state index contributed by atoms with van der Waals surface area (Å²) < 4.78 is 23.0. The lowest BCUT2D eigenvalue weighted by Crippen LogP contribution is -2.43. The Labute approximate surface area is 159 Å². The molecule has 1 saturated heterocycles. The van der Waals surface area contributed by atoms with Crippen LogP contribution in [-0.4, -0.2) is 55.3 Å². The number of benzene rings is 1. The summed E-state index contributed by atoms with van der Waals surface area (Å²) in [5.74, 6) is 1.15. The third-order valence-corrected chi connectivity index (χ3v) is 7.04. The van der Waals surface area contributed by atoms with Crippen molar-refractivity contribution < 1.29 is 13.2 Å². The molecule has 0 spiro atoms. The van der Waals surface area contributed by atoms with Gasteiger partial charge in [0, 0.05) is 31.7 Å². The molecule has 1 amide bonds. The van der Waals surface area contributed by atoms with Gasteiger partial charge < -0.3 is 10.2 Å². The van der Waals surface area contributed by atoms with Crippen molar-refractivity contribution in [3.05, 3.63) is 59.3 Å². The van der Waals surface area contributed by atoms with E-state index in [1.54, 1.807) is 17.2 Å². The van der Waals surface area contributed by atoms with Crippen LogP contribution in [0.25, 0.3) is 0 Å². The van der Waals surface area contributed by atoms with Crippen molar-refractivity contribution in [3.8, 4) is 0 Å². The van der Waals surface area contributed by atoms with Crippen LogP contribution in [0.2, 0.25) is 0 Å². The Morgan fingerprint density at radius 1 is 1.15 bits per heavy atom. The fourth-order valence-corrected chi connectivity index (χ4v) is 5.01. The molecule has 1 aliphatic carbocycles. The number of nitrogens with zero attached hydrogens (tertiary/aromatic N) is 2. The first kappa shape index (κ1) is 18.0. The third kappa shape index (κ3) is 3.98. The number of aryl methyl sites for hydroxylation is 1. The highest BCUT2D eigenvalue weighted by Crippen LogP contribution is 2.32. The van der Waals surface area contributed by atoms with Crippen LogP contribution in [0.5, 0.6) is 0 Å². The fourth-order valence-electron chi connectivity index (χ4n) is 3.81. The van der Waals surface area contributed by atoms with Gasteiger partial charge in [0.1, 0.15) is 5.82 Å². The molecule has 1 aliphatic heterocycles. The molecule has 4 rings (SSSR count). The Bertz CT molecular complexity index is 927. The number of hydrogen-bond acceptors (Lipinski definition) is 5. The van der Waals surface area contributed by atoms with E-state index in [-0.39, 0.29) is 30.5 Å². The number of hydrogen-bond donors (Lipinski definition) is 1. The third-order valence-electron chi connectivity index (χ3n) is 5.43. The number of anilines is 1. The van der Waals surface area contributed by atoms with Gasteiger partial charge >= 0.3 is 0 Å². The van der Waals surface area contributed by atoms with Crippen LogP contribution in [0.4, 0.5) is 5.82 Å². The van der Waals surface area contributed by atoms with Gasteiger partial charge in [-0.25, -0.2) is 13.4 Å². The van der Waals surface area contributed by atoms with Gasteiger partial charge in [-0.1, -0.05) is 24.3 Å². The Morgan fingerprint density at radius 2 is 1.93 bits per heavy atom. The number of fused-ring (bicyclic) bond motifs is 1. The number of aromatic nitrogens is 1. The lowest BCUT2D eigenvalue weighted by molar-refractivity contribution is 0.0770. The minimum absolute atomic E-state index is 0.0364. The van der Waals surface area contributed by atoms with Gasteiger partial charge in [0.2, 0.25) is 0 Å². The minimum Gasteiger partial charge on any atom is -0.369 e. The molecule has 142 valence electrons. The van der Waals surface area contributed by atoms with E-state index in [2.05, 4.69) is 34.6 Å². The molecule has 0 bridgehead atoms. The highest BCUT2D eigenvalue weighted by atomic mass is 32.2. The van der Waals surface area contributed by atoms with Crippen LogP contribution in [0.1, 0.15) is 33.8 Å². The van der Waals surface area contributed by atoms with E-state index in [0.717, 1.165) is 25.2 Å². The smallest absolute Gasteiger partial charge is 0.255 e. The first-order valence-electron chi connectivity index (χ1n) is 9.29. The molecule has 6 nitrogen and oxygen atoms in total. The standard InChI is InChI=1S/C20H23N3O3S/c24-20(23-9-11-27(25,26)12-10-23)17-7-8-19(22-14-17)21-13-16-6-5-15-3-1-2-4-18(15)16/h1-4,7-8,14,16H,5-6,9-13H2,(H,21,22). The molecule has 0 saturated carbocycles. The Kier molecular flexibility index (Phi) is 4.86. The molecule has 1 fully saturated rings. The summed E-state index contributed by atoms with van der Waals surface area (Å²) in [6.45, 7) is 1.33. The molecule has 1 aromatic carbocycles. The number of carbonyl (C=O) groups is 1. The van der Waals surface area contributed by atoms with E-state index in [4.69, 9.17) is 0 Å². The van der Waals surface area contributed by atoms with Gasteiger partial charge in [-0.3, -0.25) is 4.79 Å². The van der Waals surface area contributed by atoms with Crippen LogP contribution >= 0.6 is 0 Å². The zero-order chi connectivity index (χ0) is 18.9. The molecule has 1 unspecified atom stereocenters. The Balaban J connectivity index is 1.35. The molecular formula is C20H23N3O3S. The zero-order valence-electron chi connectivity index (χ0n) is 15.1. The molecule has 0 radical (unpaired) electrons. The predicted molar refractivity (Wildman–Crippen MR) is 105 cm³/mol. The number of nitrogens with one attached hydrogen (secondary N) is 1. The summed E-state index contributed by atoms with van der Waals surface area (Å²) in [5.41, 5.74) is 3.34. The molecule has 1 N–H and O–H groups in total. The van der Waals surface area contributed by atoms with Crippen molar-refractivity contribution in [3.63, 3.8) is 0 Å². The van der Waals surface area contributed by atoms with Crippen molar-refractivity contribution >= 4 is 21.6 Å². The minimum atomic E-state index is -2.99. The van der Waals surface area contributed by atoms with Crippen LogP contribution in [-0.2, 0) is 16.3 Å². The number of pyridine rings is 1. The predicted octanol–water partition coefficient (Wildman–Crippen LogP) is 2.09. The van der Waals surface area contributed by atoms with Gasteiger partial charge in [0.05, 0.1) is 17.1 Å². The van der Waals surface area contributed by atoms with Crippen LogP contribution in [0.15, 0.2) is 42.6 Å². The number of amides is 1. The lowest BCUT2D eigenvalue weighted by atomic mass is 10.0. The van der Waals surface area contributed by atoms with Gasteiger partial charge in [0.15, 0.2) is 9.84 Å². The largest absolute Gasteiger partial charge is 0.369 e. The summed E-state index contributed by atoms with van der Waals surface area (Å²) in [7, 11) is -2.99. The van der Waals surface area contributed by atoms with E-state index < -0.39 is 9.84 Å². The van der Waals surface area contributed by atoms with E-state index in [1.807, 2.05) is 6.07 Å². The average Bonchev–Trinajstić information content (AvgIpc) is 3.09. The van der Waals surface area contributed by atoms with E-state index in [0.29, 0.717) is 11.5 Å². The number of rotatable bonds is 4. The van der Waals surface area contributed by atoms with Gasteiger partial charge in [-0.05, 0) is 36.1 Å². The molecule has 2 heterocycles. The van der Waals surface area contributed by atoms with Crippen LogP contribution in [0, 0.1) is 0 Å². The zero-order valence-corrected chi connectivity index (χ0v) is 15.9.